The first kappa shape index (κ1) is 18.6. The number of nitrogens with one attached hydrogen (secondary N) is 2. The van der Waals surface area contributed by atoms with Gasteiger partial charge in [0.25, 0.3) is 5.91 Å². The van der Waals surface area contributed by atoms with E-state index in [1.807, 2.05) is 54.6 Å². The third-order valence-corrected chi connectivity index (χ3v) is 6.09. The minimum absolute atomic E-state index is 0.0357. The fraction of sp³-hybridized carbons (Fsp3) is 0.174. The molecule has 0 saturated heterocycles. The molecule has 0 spiro atoms. The van der Waals surface area contributed by atoms with Crippen LogP contribution in [0.15, 0.2) is 54.6 Å². The molecular formula is C23H19N3O3S. The molecule has 150 valence electrons. The zero-order chi connectivity index (χ0) is 20.7. The Kier molecular flexibility index (Phi) is 4.59. The zero-order valence-electron chi connectivity index (χ0n) is 16.3. The van der Waals surface area contributed by atoms with Crippen molar-refractivity contribution in [3.05, 3.63) is 60.2 Å². The molecule has 1 aromatic heterocycles. The summed E-state index contributed by atoms with van der Waals surface area (Å²) in [4.78, 5) is 30.0. The first-order valence-electron chi connectivity index (χ1n) is 9.70. The quantitative estimate of drug-likeness (QED) is 0.476. The monoisotopic (exact) mass is 417 g/mol. The maximum atomic E-state index is 13.1. The molecule has 3 aromatic carbocycles. The van der Waals surface area contributed by atoms with E-state index in [9.17, 15) is 9.59 Å². The highest BCUT2D eigenvalue weighted by atomic mass is 32.1. The third-order valence-electron chi connectivity index (χ3n) is 5.15. The van der Waals surface area contributed by atoms with Crippen molar-refractivity contribution >= 4 is 55.0 Å². The number of anilines is 2. The van der Waals surface area contributed by atoms with Crippen LogP contribution in [0.2, 0.25) is 0 Å². The second-order valence-corrected chi connectivity index (χ2v) is 8.35. The molecule has 0 bridgehead atoms. The predicted octanol–water partition coefficient (Wildman–Crippen LogP) is 5.06. The standard InChI is InChI=1S/C23H19N3O3S/c1-29-16-8-9-18-20(12-16)30-23(25-18)26-22(28)17-10-14-4-2-3-5-15(14)11-19(17)24-21(27)13-6-7-13/h2-5,8-13H,6-7H2,1H3,(H,24,27)(H,25,26,28). The number of thiazole rings is 1. The summed E-state index contributed by atoms with van der Waals surface area (Å²) >= 11 is 1.38. The van der Waals surface area contributed by atoms with Crippen molar-refractivity contribution < 1.29 is 14.3 Å². The molecule has 1 fully saturated rings. The van der Waals surface area contributed by atoms with Gasteiger partial charge in [-0.3, -0.25) is 14.9 Å². The van der Waals surface area contributed by atoms with Crippen molar-refractivity contribution in [1.29, 1.82) is 0 Å². The van der Waals surface area contributed by atoms with Crippen LogP contribution in [0, 0.1) is 5.92 Å². The third kappa shape index (κ3) is 3.59. The number of methoxy groups -OCH3 is 1. The molecule has 1 aliphatic rings. The van der Waals surface area contributed by atoms with Gasteiger partial charge in [0.15, 0.2) is 5.13 Å². The number of rotatable bonds is 5. The Balaban J connectivity index is 1.49. The summed E-state index contributed by atoms with van der Waals surface area (Å²) < 4.78 is 6.17. The number of carbonyl (C=O) groups excluding carboxylic acids is 2. The fourth-order valence-corrected chi connectivity index (χ4v) is 4.25. The van der Waals surface area contributed by atoms with E-state index in [1.165, 1.54) is 11.3 Å². The minimum Gasteiger partial charge on any atom is -0.497 e. The Hall–Kier alpha value is -3.45. The molecular weight excluding hydrogens is 398 g/mol. The summed E-state index contributed by atoms with van der Waals surface area (Å²) in [5.74, 6) is 0.444. The smallest absolute Gasteiger partial charge is 0.259 e. The van der Waals surface area contributed by atoms with Crippen molar-refractivity contribution in [2.24, 2.45) is 5.92 Å². The van der Waals surface area contributed by atoms with Gasteiger partial charge >= 0.3 is 0 Å². The Morgan fingerprint density at radius 1 is 1.03 bits per heavy atom. The van der Waals surface area contributed by atoms with Gasteiger partial charge in [-0.15, -0.1) is 0 Å². The number of benzene rings is 3. The highest BCUT2D eigenvalue weighted by molar-refractivity contribution is 7.22. The van der Waals surface area contributed by atoms with Crippen molar-refractivity contribution in [3.8, 4) is 5.75 Å². The first-order valence-corrected chi connectivity index (χ1v) is 10.5. The van der Waals surface area contributed by atoms with Crippen molar-refractivity contribution in [1.82, 2.24) is 4.98 Å². The van der Waals surface area contributed by atoms with Crippen LogP contribution in [0.1, 0.15) is 23.2 Å². The lowest BCUT2D eigenvalue weighted by Gasteiger charge is -2.12. The number of amides is 2. The van der Waals surface area contributed by atoms with Gasteiger partial charge in [-0.05, 0) is 53.9 Å². The van der Waals surface area contributed by atoms with Gasteiger partial charge in [-0.25, -0.2) is 4.98 Å². The molecule has 0 unspecified atom stereocenters. The SMILES string of the molecule is COc1ccc2nc(NC(=O)c3cc4ccccc4cc3NC(=O)C3CC3)sc2c1. The van der Waals surface area contributed by atoms with E-state index in [-0.39, 0.29) is 17.7 Å². The molecule has 30 heavy (non-hydrogen) atoms. The lowest BCUT2D eigenvalue weighted by molar-refractivity contribution is -0.117. The van der Waals surface area contributed by atoms with E-state index in [2.05, 4.69) is 15.6 Å². The van der Waals surface area contributed by atoms with Crippen LogP contribution in [0.25, 0.3) is 21.0 Å². The number of carbonyl (C=O) groups is 2. The fourth-order valence-electron chi connectivity index (χ4n) is 3.36. The number of ether oxygens (including phenoxy) is 1. The minimum atomic E-state index is -0.308. The van der Waals surface area contributed by atoms with E-state index < -0.39 is 0 Å². The van der Waals surface area contributed by atoms with Gasteiger partial charge in [-0.1, -0.05) is 35.6 Å². The molecule has 1 aliphatic carbocycles. The van der Waals surface area contributed by atoms with Crippen LogP contribution in [0.3, 0.4) is 0 Å². The topological polar surface area (TPSA) is 80.3 Å². The molecule has 4 aromatic rings. The van der Waals surface area contributed by atoms with Crippen LogP contribution in [-0.2, 0) is 4.79 Å². The van der Waals surface area contributed by atoms with Gasteiger partial charge in [0.05, 0.1) is 28.6 Å². The normalized spacial score (nSPS) is 13.4. The van der Waals surface area contributed by atoms with E-state index in [1.54, 1.807) is 7.11 Å². The predicted molar refractivity (Wildman–Crippen MR) is 119 cm³/mol. The van der Waals surface area contributed by atoms with Gasteiger partial charge in [0.1, 0.15) is 5.75 Å². The average Bonchev–Trinajstić information content (AvgIpc) is 3.53. The van der Waals surface area contributed by atoms with Crippen LogP contribution in [0.5, 0.6) is 5.75 Å². The van der Waals surface area contributed by atoms with E-state index in [0.29, 0.717) is 16.4 Å². The van der Waals surface area contributed by atoms with Gasteiger partial charge in [0.2, 0.25) is 5.91 Å². The number of hydrogen-bond acceptors (Lipinski definition) is 5. The molecule has 5 rings (SSSR count). The number of hydrogen-bond donors (Lipinski definition) is 2. The second kappa shape index (κ2) is 7.42. The molecule has 0 radical (unpaired) electrons. The molecule has 0 aliphatic heterocycles. The number of nitrogens with zero attached hydrogens (tertiary/aromatic N) is 1. The van der Waals surface area contributed by atoms with Crippen LogP contribution in [-0.4, -0.2) is 23.9 Å². The maximum absolute atomic E-state index is 13.1. The molecule has 0 atom stereocenters. The van der Waals surface area contributed by atoms with Crippen molar-refractivity contribution in [2.45, 2.75) is 12.8 Å². The van der Waals surface area contributed by atoms with E-state index in [0.717, 1.165) is 39.6 Å². The molecule has 1 saturated carbocycles. The summed E-state index contributed by atoms with van der Waals surface area (Å²) in [7, 11) is 1.61. The first-order chi connectivity index (χ1) is 14.6. The van der Waals surface area contributed by atoms with E-state index >= 15 is 0 Å². The van der Waals surface area contributed by atoms with Crippen LogP contribution >= 0.6 is 11.3 Å². The second-order valence-electron chi connectivity index (χ2n) is 7.32. The molecule has 2 amide bonds. The summed E-state index contributed by atoms with van der Waals surface area (Å²) in [5.41, 5.74) is 1.72. The Morgan fingerprint density at radius 2 is 1.80 bits per heavy atom. The Bertz CT molecular complexity index is 1290. The highest BCUT2D eigenvalue weighted by Gasteiger charge is 2.30. The highest BCUT2D eigenvalue weighted by Crippen LogP contribution is 2.33. The van der Waals surface area contributed by atoms with Crippen LogP contribution in [0.4, 0.5) is 10.8 Å². The summed E-state index contributed by atoms with van der Waals surface area (Å²) in [6.45, 7) is 0. The average molecular weight is 417 g/mol. The van der Waals surface area contributed by atoms with Crippen LogP contribution < -0.4 is 15.4 Å². The van der Waals surface area contributed by atoms with Gasteiger partial charge in [0, 0.05) is 5.92 Å². The summed E-state index contributed by atoms with van der Waals surface area (Å²) in [6.07, 6.45) is 1.80. The van der Waals surface area contributed by atoms with Crippen molar-refractivity contribution in [2.75, 3.05) is 17.7 Å². The molecule has 1 heterocycles. The Morgan fingerprint density at radius 3 is 2.53 bits per heavy atom. The van der Waals surface area contributed by atoms with E-state index in [4.69, 9.17) is 4.74 Å². The lowest BCUT2D eigenvalue weighted by atomic mass is 10.0. The summed E-state index contributed by atoms with van der Waals surface area (Å²) in [6, 6.07) is 17.0. The molecule has 6 nitrogen and oxygen atoms in total. The van der Waals surface area contributed by atoms with Gasteiger partial charge in [-0.2, -0.15) is 0 Å². The van der Waals surface area contributed by atoms with Gasteiger partial charge < -0.3 is 10.1 Å². The maximum Gasteiger partial charge on any atom is 0.259 e. The number of aromatic nitrogens is 1. The largest absolute Gasteiger partial charge is 0.497 e. The zero-order valence-corrected chi connectivity index (χ0v) is 17.1. The number of fused-ring (bicyclic) bond motifs is 2. The van der Waals surface area contributed by atoms with Crippen molar-refractivity contribution in [3.63, 3.8) is 0 Å². The summed E-state index contributed by atoms with van der Waals surface area (Å²) in [5, 5.41) is 8.22. The molecule has 2 N–H and O–H groups in total. The molecule has 7 heteroatoms. The lowest BCUT2D eigenvalue weighted by Crippen LogP contribution is -2.19. The Labute approximate surface area is 176 Å².